The number of aromatic nitrogens is 3. The van der Waals surface area contributed by atoms with Crippen LogP contribution in [0, 0.1) is 0 Å². The van der Waals surface area contributed by atoms with Crippen LogP contribution in [0.5, 0.6) is 0 Å². The van der Waals surface area contributed by atoms with Crippen molar-refractivity contribution in [2.45, 2.75) is 37.8 Å². The number of likely N-dealkylation sites (N-methyl/N-ethyl adjacent to an activating group) is 1. The van der Waals surface area contributed by atoms with E-state index in [1.807, 2.05) is 11.9 Å². The number of hydrogen-bond acceptors (Lipinski definition) is 5. The molecule has 2 unspecified atom stereocenters. The van der Waals surface area contributed by atoms with Crippen LogP contribution < -0.4 is 21.9 Å². The predicted octanol–water partition coefficient (Wildman–Crippen LogP) is -0.815. The Hall–Kier alpha value is -1.63. The number of rotatable bonds is 2. The zero-order valence-electron chi connectivity index (χ0n) is 11.7. The summed E-state index contributed by atoms with van der Waals surface area (Å²) in [5.74, 6) is 0.284. The van der Waals surface area contributed by atoms with E-state index in [9.17, 15) is 9.59 Å². The number of anilines is 1. The van der Waals surface area contributed by atoms with E-state index in [-0.39, 0.29) is 23.5 Å². The van der Waals surface area contributed by atoms with Crippen molar-refractivity contribution in [1.82, 2.24) is 14.3 Å². The van der Waals surface area contributed by atoms with Crippen LogP contribution in [0.3, 0.4) is 0 Å². The molecule has 0 aliphatic heterocycles. The molecule has 2 rings (SSSR count). The fraction of sp³-hybridized carbons (Fsp3) is 0.750. The molecule has 2 N–H and O–H groups in total. The molecule has 0 radical (unpaired) electrons. The van der Waals surface area contributed by atoms with Crippen LogP contribution in [-0.2, 0) is 14.1 Å². The molecule has 0 aromatic carbocycles. The Morgan fingerprint density at radius 1 is 1.26 bits per heavy atom. The van der Waals surface area contributed by atoms with Crippen molar-refractivity contribution in [2.24, 2.45) is 19.8 Å². The maximum Gasteiger partial charge on any atom is 0.346 e. The fourth-order valence-electron chi connectivity index (χ4n) is 2.68. The van der Waals surface area contributed by atoms with E-state index in [0.717, 1.165) is 30.3 Å². The largest absolute Gasteiger partial charge is 0.349 e. The first kappa shape index (κ1) is 13.8. The van der Waals surface area contributed by atoms with Gasteiger partial charge in [-0.05, 0) is 12.8 Å². The highest BCUT2D eigenvalue weighted by molar-refractivity contribution is 5.35. The van der Waals surface area contributed by atoms with Crippen molar-refractivity contribution in [1.29, 1.82) is 0 Å². The smallest absolute Gasteiger partial charge is 0.346 e. The van der Waals surface area contributed by atoms with Gasteiger partial charge in [-0.25, -0.2) is 9.48 Å². The molecule has 0 saturated heterocycles. The molecule has 0 amide bonds. The van der Waals surface area contributed by atoms with Crippen molar-refractivity contribution in [3.63, 3.8) is 0 Å². The summed E-state index contributed by atoms with van der Waals surface area (Å²) < 4.78 is 2.26. The van der Waals surface area contributed by atoms with Crippen LogP contribution in [0.1, 0.15) is 25.7 Å². The van der Waals surface area contributed by atoms with E-state index in [4.69, 9.17) is 5.73 Å². The normalized spacial score (nSPS) is 23.4. The van der Waals surface area contributed by atoms with Crippen LogP contribution in [-0.4, -0.2) is 33.5 Å². The first-order chi connectivity index (χ1) is 8.93. The molecular weight excluding hydrogens is 246 g/mol. The predicted molar refractivity (Wildman–Crippen MR) is 73.4 cm³/mol. The third-order valence-corrected chi connectivity index (χ3v) is 3.92. The minimum absolute atomic E-state index is 0.0440. The number of aryl methyl sites for hydroxylation is 1. The molecule has 1 heterocycles. The Kier molecular flexibility index (Phi) is 3.75. The number of nitrogens with zero attached hydrogens (tertiary/aromatic N) is 4. The van der Waals surface area contributed by atoms with Gasteiger partial charge in [0, 0.05) is 33.2 Å². The highest BCUT2D eigenvalue weighted by atomic mass is 16.2. The van der Waals surface area contributed by atoms with Gasteiger partial charge in [0.05, 0.1) is 0 Å². The van der Waals surface area contributed by atoms with Crippen LogP contribution in [0.2, 0.25) is 0 Å². The van der Waals surface area contributed by atoms with E-state index in [0.29, 0.717) is 0 Å². The minimum Gasteiger partial charge on any atom is -0.349 e. The van der Waals surface area contributed by atoms with E-state index in [1.54, 1.807) is 7.05 Å². The number of nitrogens with two attached hydrogens (primary N) is 1. The molecule has 0 bridgehead atoms. The molecule has 1 aliphatic carbocycles. The van der Waals surface area contributed by atoms with Gasteiger partial charge in [-0.2, -0.15) is 0 Å². The Labute approximate surface area is 111 Å². The summed E-state index contributed by atoms with van der Waals surface area (Å²) >= 11 is 0. The maximum atomic E-state index is 12.1. The lowest BCUT2D eigenvalue weighted by molar-refractivity contribution is 0.369. The SMILES string of the molecule is CN(c1nn(C)c(=O)n(C)c1=O)C1CCCCC1N. The van der Waals surface area contributed by atoms with Crippen molar-refractivity contribution >= 4 is 5.82 Å². The van der Waals surface area contributed by atoms with Crippen LogP contribution in [0.15, 0.2) is 9.59 Å². The second-order valence-corrected chi connectivity index (χ2v) is 5.22. The lowest BCUT2D eigenvalue weighted by Crippen LogP contribution is -2.51. The van der Waals surface area contributed by atoms with E-state index >= 15 is 0 Å². The lowest BCUT2D eigenvalue weighted by atomic mass is 9.90. The highest BCUT2D eigenvalue weighted by Crippen LogP contribution is 2.22. The molecule has 7 nitrogen and oxygen atoms in total. The Bertz CT molecular complexity index is 576. The second kappa shape index (κ2) is 5.16. The highest BCUT2D eigenvalue weighted by Gasteiger charge is 2.28. The third-order valence-electron chi connectivity index (χ3n) is 3.92. The van der Waals surface area contributed by atoms with E-state index < -0.39 is 5.69 Å². The Morgan fingerprint density at radius 3 is 2.53 bits per heavy atom. The molecule has 19 heavy (non-hydrogen) atoms. The summed E-state index contributed by atoms with van der Waals surface area (Å²) in [5.41, 5.74) is 5.33. The first-order valence-corrected chi connectivity index (χ1v) is 6.56. The molecule has 1 fully saturated rings. The van der Waals surface area contributed by atoms with Crippen molar-refractivity contribution in [3.05, 3.63) is 20.8 Å². The van der Waals surface area contributed by atoms with Gasteiger partial charge in [-0.1, -0.05) is 12.8 Å². The molecule has 0 spiro atoms. The van der Waals surface area contributed by atoms with Crippen LogP contribution in [0.4, 0.5) is 5.82 Å². The average Bonchev–Trinajstić information content (AvgIpc) is 2.40. The standard InChI is InChI=1S/C12H21N5O2/c1-15(9-7-5-4-6-8(9)13)10-11(18)16(2)12(19)17(3)14-10/h8-9H,4-7,13H2,1-3H3. The number of hydrogen-bond donors (Lipinski definition) is 1. The lowest BCUT2D eigenvalue weighted by Gasteiger charge is -2.36. The van der Waals surface area contributed by atoms with Crippen molar-refractivity contribution in [2.75, 3.05) is 11.9 Å². The molecule has 7 heteroatoms. The monoisotopic (exact) mass is 267 g/mol. The zero-order valence-corrected chi connectivity index (χ0v) is 11.7. The Balaban J connectivity index is 2.41. The van der Waals surface area contributed by atoms with Crippen LogP contribution in [0.25, 0.3) is 0 Å². The van der Waals surface area contributed by atoms with Gasteiger partial charge in [0.25, 0.3) is 5.56 Å². The van der Waals surface area contributed by atoms with Gasteiger partial charge >= 0.3 is 5.69 Å². The summed E-state index contributed by atoms with van der Waals surface area (Å²) in [4.78, 5) is 25.6. The van der Waals surface area contributed by atoms with E-state index in [1.165, 1.54) is 11.7 Å². The maximum absolute atomic E-state index is 12.1. The molecule has 2 atom stereocenters. The fourth-order valence-corrected chi connectivity index (χ4v) is 2.68. The van der Waals surface area contributed by atoms with E-state index in [2.05, 4.69) is 5.10 Å². The van der Waals surface area contributed by atoms with Gasteiger partial charge in [0.1, 0.15) is 0 Å². The molecule has 1 aliphatic rings. The van der Waals surface area contributed by atoms with Crippen LogP contribution >= 0.6 is 0 Å². The molecule has 1 aromatic rings. The average molecular weight is 267 g/mol. The van der Waals surface area contributed by atoms with Gasteiger partial charge in [-0.3, -0.25) is 9.36 Å². The molecule has 1 saturated carbocycles. The zero-order chi connectivity index (χ0) is 14.2. The third kappa shape index (κ3) is 2.42. The Morgan fingerprint density at radius 2 is 1.89 bits per heavy atom. The van der Waals surface area contributed by atoms with Crippen molar-refractivity contribution < 1.29 is 0 Å². The van der Waals surface area contributed by atoms with Gasteiger partial charge in [-0.15, -0.1) is 5.10 Å². The van der Waals surface area contributed by atoms with Gasteiger partial charge in [0.2, 0.25) is 5.82 Å². The molecular formula is C12H21N5O2. The summed E-state index contributed by atoms with van der Waals surface area (Å²) in [5, 5.41) is 4.08. The minimum atomic E-state index is -0.421. The van der Waals surface area contributed by atoms with Gasteiger partial charge < -0.3 is 10.6 Å². The summed E-state index contributed by atoms with van der Waals surface area (Å²) in [6.07, 6.45) is 4.14. The molecule has 106 valence electrons. The first-order valence-electron chi connectivity index (χ1n) is 6.56. The quantitative estimate of drug-likeness (QED) is 0.757. The van der Waals surface area contributed by atoms with Crippen molar-refractivity contribution in [3.8, 4) is 0 Å². The summed E-state index contributed by atoms with van der Waals surface area (Å²) in [7, 11) is 4.83. The molecule has 1 aromatic heterocycles. The summed E-state index contributed by atoms with van der Waals surface area (Å²) in [6.45, 7) is 0. The topological polar surface area (TPSA) is 86.2 Å². The summed E-state index contributed by atoms with van der Waals surface area (Å²) in [6, 6.07) is 0.147. The second-order valence-electron chi connectivity index (χ2n) is 5.22. The van der Waals surface area contributed by atoms with Gasteiger partial charge in [0.15, 0.2) is 0 Å².